The fourth-order valence-corrected chi connectivity index (χ4v) is 0.391. The first-order valence-corrected chi connectivity index (χ1v) is 3.26. The van der Waals surface area contributed by atoms with Crippen LogP contribution in [0.15, 0.2) is 28.9 Å². The average Bonchev–Trinajstić information content (AvgIpc) is 1.99. The van der Waals surface area contributed by atoms with Crippen molar-refractivity contribution in [2.24, 2.45) is 10.9 Å². The quantitative estimate of drug-likeness (QED) is 0.269. The minimum absolute atomic E-state index is 0.834. The third kappa shape index (κ3) is 3.89. The van der Waals surface area contributed by atoms with E-state index in [0.29, 0.717) is 0 Å². The minimum atomic E-state index is 0.834. The van der Waals surface area contributed by atoms with Crippen molar-refractivity contribution >= 4 is 5.71 Å². The lowest BCUT2D eigenvalue weighted by Gasteiger charge is -1.87. The number of hydrogen-bond donors (Lipinski definition) is 1. The molecule has 0 aliphatic carbocycles. The van der Waals surface area contributed by atoms with Crippen molar-refractivity contribution in [1.29, 1.82) is 0 Å². The fraction of sp³-hybridized carbons (Fsp3) is 0.375. The molecule has 2 N–H and O–H groups in total. The molecule has 0 saturated carbocycles. The molecular weight excluding hydrogens is 124 g/mol. The minimum Gasteiger partial charge on any atom is -0.323 e. The second kappa shape index (κ2) is 4.79. The molecule has 0 aromatic carbocycles. The molecule has 0 bridgehead atoms. The standard InChI is InChI=1S/C8H14N2/c1-4-7(2)5-6-8(3)10-9/h4-6H,9H2,1-3H3/b6-5-,7-4-,10-8-. The lowest BCUT2D eigenvalue weighted by Crippen LogP contribution is -1.90. The summed E-state index contributed by atoms with van der Waals surface area (Å²) in [5, 5.41) is 3.50. The molecule has 0 amide bonds. The molecule has 2 heteroatoms. The number of hydrazone groups is 1. The van der Waals surface area contributed by atoms with Crippen molar-refractivity contribution in [3.63, 3.8) is 0 Å². The summed E-state index contributed by atoms with van der Waals surface area (Å²) in [6.45, 7) is 5.88. The number of nitrogens with two attached hydrogens (primary N) is 1. The van der Waals surface area contributed by atoms with Crippen LogP contribution in [-0.4, -0.2) is 5.71 Å². The highest BCUT2D eigenvalue weighted by atomic mass is 15.1. The lowest BCUT2D eigenvalue weighted by atomic mass is 10.2. The van der Waals surface area contributed by atoms with E-state index in [9.17, 15) is 0 Å². The average molecular weight is 138 g/mol. The summed E-state index contributed by atoms with van der Waals surface area (Å²) in [7, 11) is 0. The van der Waals surface area contributed by atoms with Gasteiger partial charge in [-0.2, -0.15) is 5.10 Å². The van der Waals surface area contributed by atoms with Gasteiger partial charge in [-0.1, -0.05) is 17.7 Å². The predicted octanol–water partition coefficient (Wildman–Crippen LogP) is 1.84. The highest BCUT2D eigenvalue weighted by Gasteiger charge is 1.80. The van der Waals surface area contributed by atoms with E-state index in [1.807, 2.05) is 39.0 Å². The summed E-state index contributed by atoms with van der Waals surface area (Å²) in [5.74, 6) is 5.02. The normalized spacial score (nSPS) is 14.7. The zero-order valence-corrected chi connectivity index (χ0v) is 6.76. The Kier molecular flexibility index (Phi) is 4.29. The van der Waals surface area contributed by atoms with Crippen molar-refractivity contribution in [1.82, 2.24) is 0 Å². The van der Waals surface area contributed by atoms with E-state index in [0.717, 1.165) is 5.71 Å². The molecule has 10 heavy (non-hydrogen) atoms. The topological polar surface area (TPSA) is 38.4 Å². The third-order valence-corrected chi connectivity index (χ3v) is 1.25. The van der Waals surface area contributed by atoms with E-state index in [4.69, 9.17) is 5.84 Å². The van der Waals surface area contributed by atoms with Crippen molar-refractivity contribution in [2.75, 3.05) is 0 Å². The summed E-state index contributed by atoms with van der Waals surface area (Å²) in [4.78, 5) is 0. The second-order valence-corrected chi connectivity index (χ2v) is 2.14. The van der Waals surface area contributed by atoms with Crippen molar-refractivity contribution in [3.8, 4) is 0 Å². The van der Waals surface area contributed by atoms with Gasteiger partial charge in [0, 0.05) is 0 Å². The van der Waals surface area contributed by atoms with Crippen molar-refractivity contribution in [2.45, 2.75) is 20.8 Å². The molecule has 0 atom stereocenters. The van der Waals surface area contributed by atoms with E-state index in [1.54, 1.807) is 0 Å². The van der Waals surface area contributed by atoms with E-state index < -0.39 is 0 Å². The van der Waals surface area contributed by atoms with E-state index in [2.05, 4.69) is 5.10 Å². The van der Waals surface area contributed by atoms with Gasteiger partial charge in [0.2, 0.25) is 0 Å². The largest absolute Gasteiger partial charge is 0.323 e. The number of rotatable bonds is 2. The summed E-state index contributed by atoms with van der Waals surface area (Å²) in [6.07, 6.45) is 5.89. The van der Waals surface area contributed by atoms with Crippen LogP contribution in [0.3, 0.4) is 0 Å². The Morgan fingerprint density at radius 1 is 1.30 bits per heavy atom. The van der Waals surface area contributed by atoms with Gasteiger partial charge in [-0.05, 0) is 26.8 Å². The maximum atomic E-state index is 5.02. The number of allylic oxidation sites excluding steroid dienone is 4. The molecule has 0 aromatic heterocycles. The van der Waals surface area contributed by atoms with Crippen LogP contribution in [0.1, 0.15) is 20.8 Å². The van der Waals surface area contributed by atoms with Crippen LogP contribution in [0.4, 0.5) is 0 Å². The Hall–Kier alpha value is -1.05. The number of hydrogen-bond acceptors (Lipinski definition) is 2. The summed E-state index contributed by atoms with van der Waals surface area (Å²) in [5.41, 5.74) is 2.05. The summed E-state index contributed by atoms with van der Waals surface area (Å²) in [6, 6.07) is 0. The van der Waals surface area contributed by atoms with Crippen LogP contribution < -0.4 is 5.84 Å². The molecule has 0 radical (unpaired) electrons. The molecule has 0 spiro atoms. The van der Waals surface area contributed by atoms with E-state index in [1.165, 1.54) is 5.57 Å². The molecule has 0 fully saturated rings. The molecule has 56 valence electrons. The smallest absolute Gasteiger partial charge is 0.0569 e. The van der Waals surface area contributed by atoms with Crippen molar-refractivity contribution < 1.29 is 0 Å². The van der Waals surface area contributed by atoms with Gasteiger partial charge in [0.25, 0.3) is 0 Å². The van der Waals surface area contributed by atoms with Crippen LogP contribution in [0.2, 0.25) is 0 Å². The van der Waals surface area contributed by atoms with Crippen LogP contribution in [0.25, 0.3) is 0 Å². The maximum Gasteiger partial charge on any atom is 0.0569 e. The zero-order chi connectivity index (χ0) is 7.98. The zero-order valence-electron chi connectivity index (χ0n) is 6.76. The van der Waals surface area contributed by atoms with E-state index in [-0.39, 0.29) is 0 Å². The Morgan fingerprint density at radius 3 is 2.30 bits per heavy atom. The molecule has 2 nitrogen and oxygen atoms in total. The highest BCUT2D eigenvalue weighted by Crippen LogP contribution is 1.93. The monoisotopic (exact) mass is 138 g/mol. The molecular formula is C8H14N2. The Bertz CT molecular complexity index is 156. The first-order chi connectivity index (χ1) is 4.70. The van der Waals surface area contributed by atoms with Gasteiger partial charge in [0.05, 0.1) is 5.71 Å². The lowest BCUT2D eigenvalue weighted by molar-refractivity contribution is 1.24. The van der Waals surface area contributed by atoms with Gasteiger partial charge >= 0.3 is 0 Å². The third-order valence-electron chi connectivity index (χ3n) is 1.25. The van der Waals surface area contributed by atoms with Crippen LogP contribution in [-0.2, 0) is 0 Å². The summed E-state index contributed by atoms with van der Waals surface area (Å²) < 4.78 is 0. The molecule has 0 heterocycles. The Balaban J connectivity index is 4.01. The van der Waals surface area contributed by atoms with Gasteiger partial charge in [-0.15, -0.1) is 0 Å². The SMILES string of the molecule is C\C=C(C)/C=C\C(C)=N/N. The number of nitrogens with zero attached hydrogens (tertiary/aromatic N) is 1. The molecule has 0 aromatic rings. The van der Waals surface area contributed by atoms with Gasteiger partial charge in [0.1, 0.15) is 0 Å². The molecule has 0 rings (SSSR count). The first-order valence-electron chi connectivity index (χ1n) is 3.26. The van der Waals surface area contributed by atoms with Gasteiger partial charge in [0.15, 0.2) is 0 Å². The highest BCUT2D eigenvalue weighted by molar-refractivity contribution is 5.92. The molecule has 0 saturated heterocycles. The molecule has 0 aliphatic heterocycles. The van der Waals surface area contributed by atoms with Crippen LogP contribution in [0.5, 0.6) is 0 Å². The second-order valence-electron chi connectivity index (χ2n) is 2.14. The fourth-order valence-electron chi connectivity index (χ4n) is 0.391. The van der Waals surface area contributed by atoms with Crippen molar-refractivity contribution in [3.05, 3.63) is 23.8 Å². The van der Waals surface area contributed by atoms with Crippen LogP contribution >= 0.6 is 0 Å². The van der Waals surface area contributed by atoms with Gasteiger partial charge in [-0.3, -0.25) is 0 Å². The van der Waals surface area contributed by atoms with Gasteiger partial charge in [-0.25, -0.2) is 0 Å². The summed E-state index contributed by atoms with van der Waals surface area (Å²) >= 11 is 0. The Labute approximate surface area is 62.1 Å². The predicted molar refractivity (Wildman–Crippen MR) is 45.9 cm³/mol. The maximum absolute atomic E-state index is 5.02. The molecule has 0 unspecified atom stereocenters. The van der Waals surface area contributed by atoms with Crippen LogP contribution in [0, 0.1) is 0 Å². The molecule has 0 aliphatic rings. The Morgan fingerprint density at radius 2 is 1.90 bits per heavy atom. The van der Waals surface area contributed by atoms with Gasteiger partial charge < -0.3 is 5.84 Å². The van der Waals surface area contributed by atoms with E-state index >= 15 is 0 Å². The first kappa shape index (κ1) is 8.95.